The van der Waals surface area contributed by atoms with Crippen molar-refractivity contribution in [2.75, 3.05) is 13.2 Å². The molecular formula is C11H12BrN3O3S. The normalized spacial score (nSPS) is 10.6. The SMILES string of the molecule is O=C(CCc1nc(-c2cc(Br)cs2)no1)NCCO. The van der Waals surface area contributed by atoms with Crippen molar-refractivity contribution < 1.29 is 14.4 Å². The van der Waals surface area contributed by atoms with E-state index < -0.39 is 0 Å². The number of aliphatic hydroxyl groups excluding tert-OH is 1. The lowest BCUT2D eigenvalue weighted by Gasteiger charge is -1.99. The summed E-state index contributed by atoms with van der Waals surface area (Å²) in [7, 11) is 0. The molecule has 0 aliphatic rings. The number of halogens is 1. The highest BCUT2D eigenvalue weighted by atomic mass is 79.9. The van der Waals surface area contributed by atoms with E-state index in [1.165, 1.54) is 11.3 Å². The van der Waals surface area contributed by atoms with E-state index in [0.29, 0.717) is 18.1 Å². The molecule has 0 bridgehead atoms. The van der Waals surface area contributed by atoms with Crippen LogP contribution < -0.4 is 5.32 Å². The molecule has 2 rings (SSSR count). The van der Waals surface area contributed by atoms with Gasteiger partial charge in [-0.05, 0) is 22.0 Å². The van der Waals surface area contributed by atoms with E-state index in [-0.39, 0.29) is 25.5 Å². The minimum atomic E-state index is -0.146. The first-order valence-electron chi connectivity index (χ1n) is 5.63. The maximum absolute atomic E-state index is 11.3. The molecule has 0 saturated heterocycles. The second-order valence-corrected chi connectivity index (χ2v) is 5.54. The summed E-state index contributed by atoms with van der Waals surface area (Å²) >= 11 is 4.87. The second-order valence-electron chi connectivity index (χ2n) is 3.71. The van der Waals surface area contributed by atoms with Crippen LogP contribution in [0, 0.1) is 0 Å². The summed E-state index contributed by atoms with van der Waals surface area (Å²) in [5.74, 6) is 0.813. The zero-order valence-corrected chi connectivity index (χ0v) is 12.3. The van der Waals surface area contributed by atoms with Crippen LogP contribution in [0.15, 0.2) is 20.4 Å². The standard InChI is InChI=1S/C11H12BrN3O3S/c12-7-5-8(19-6-7)11-14-10(18-15-11)2-1-9(17)13-3-4-16/h5-6,16H,1-4H2,(H,13,17). The first-order valence-corrected chi connectivity index (χ1v) is 7.31. The lowest BCUT2D eigenvalue weighted by Crippen LogP contribution is -2.26. The fourth-order valence-corrected chi connectivity index (χ4v) is 2.74. The number of nitrogens with one attached hydrogen (secondary N) is 1. The molecule has 8 heteroatoms. The van der Waals surface area contributed by atoms with Gasteiger partial charge in [-0.2, -0.15) is 4.98 Å². The number of rotatable bonds is 6. The highest BCUT2D eigenvalue weighted by molar-refractivity contribution is 9.10. The predicted octanol–water partition coefficient (Wildman–Crippen LogP) is 1.60. The van der Waals surface area contributed by atoms with E-state index in [1.54, 1.807) is 0 Å². The van der Waals surface area contributed by atoms with Crippen LogP contribution in [0.1, 0.15) is 12.3 Å². The average molecular weight is 346 g/mol. The van der Waals surface area contributed by atoms with E-state index in [0.717, 1.165) is 9.35 Å². The van der Waals surface area contributed by atoms with Gasteiger partial charge in [-0.1, -0.05) is 5.16 Å². The molecule has 19 heavy (non-hydrogen) atoms. The quantitative estimate of drug-likeness (QED) is 0.830. The number of carbonyl (C=O) groups excluding carboxylic acids is 1. The Hall–Kier alpha value is -1.25. The lowest BCUT2D eigenvalue weighted by molar-refractivity contribution is -0.121. The minimum Gasteiger partial charge on any atom is -0.395 e. The van der Waals surface area contributed by atoms with E-state index in [9.17, 15) is 4.79 Å². The van der Waals surface area contributed by atoms with Crippen LogP contribution in [0.25, 0.3) is 10.7 Å². The molecule has 0 saturated carbocycles. The van der Waals surface area contributed by atoms with Crippen molar-refractivity contribution in [2.24, 2.45) is 0 Å². The van der Waals surface area contributed by atoms with Gasteiger partial charge in [0.2, 0.25) is 17.6 Å². The maximum atomic E-state index is 11.3. The molecule has 0 unspecified atom stereocenters. The highest BCUT2D eigenvalue weighted by Gasteiger charge is 2.11. The average Bonchev–Trinajstić information content (AvgIpc) is 3.02. The Morgan fingerprint density at radius 1 is 1.58 bits per heavy atom. The van der Waals surface area contributed by atoms with E-state index in [2.05, 4.69) is 31.4 Å². The third kappa shape index (κ3) is 4.12. The van der Waals surface area contributed by atoms with E-state index in [1.807, 2.05) is 11.4 Å². The molecule has 1 amide bonds. The molecule has 6 nitrogen and oxygen atoms in total. The number of aromatic nitrogens is 2. The summed E-state index contributed by atoms with van der Waals surface area (Å²) < 4.78 is 6.06. The third-order valence-corrected chi connectivity index (χ3v) is 3.94. The van der Waals surface area contributed by atoms with Gasteiger partial charge in [-0.15, -0.1) is 11.3 Å². The lowest BCUT2D eigenvalue weighted by atomic mass is 10.3. The van der Waals surface area contributed by atoms with Crippen LogP contribution in [0.5, 0.6) is 0 Å². The van der Waals surface area contributed by atoms with Gasteiger partial charge in [0, 0.05) is 29.2 Å². The summed E-state index contributed by atoms with van der Waals surface area (Å²) in [4.78, 5) is 16.5. The van der Waals surface area contributed by atoms with Gasteiger partial charge in [0.05, 0.1) is 11.5 Å². The Morgan fingerprint density at radius 2 is 2.42 bits per heavy atom. The molecule has 0 fully saturated rings. The number of thiophene rings is 1. The predicted molar refractivity (Wildman–Crippen MR) is 73.7 cm³/mol. The molecule has 2 heterocycles. The van der Waals surface area contributed by atoms with Crippen molar-refractivity contribution in [3.63, 3.8) is 0 Å². The van der Waals surface area contributed by atoms with Crippen LogP contribution in [0.4, 0.5) is 0 Å². The smallest absolute Gasteiger partial charge is 0.227 e. The Labute approximate surface area is 122 Å². The topological polar surface area (TPSA) is 88.2 Å². The fraction of sp³-hybridized carbons (Fsp3) is 0.364. The molecule has 2 aromatic heterocycles. The monoisotopic (exact) mass is 345 g/mol. The van der Waals surface area contributed by atoms with E-state index >= 15 is 0 Å². The van der Waals surface area contributed by atoms with Crippen LogP contribution in [-0.4, -0.2) is 34.3 Å². The summed E-state index contributed by atoms with van der Waals surface area (Å²) in [6.07, 6.45) is 0.645. The Kier molecular flexibility index (Phi) is 5.06. The van der Waals surface area contributed by atoms with Crippen molar-refractivity contribution in [1.29, 1.82) is 0 Å². The molecule has 0 radical (unpaired) electrons. The Balaban J connectivity index is 1.89. The summed E-state index contributed by atoms with van der Waals surface area (Å²) in [5.41, 5.74) is 0. The van der Waals surface area contributed by atoms with Gasteiger partial charge in [-0.25, -0.2) is 0 Å². The number of hydrogen-bond donors (Lipinski definition) is 2. The third-order valence-electron chi connectivity index (χ3n) is 2.26. The molecule has 0 aliphatic carbocycles. The zero-order valence-electron chi connectivity index (χ0n) is 9.93. The number of hydrogen-bond acceptors (Lipinski definition) is 6. The molecular weight excluding hydrogens is 334 g/mol. The highest BCUT2D eigenvalue weighted by Crippen LogP contribution is 2.27. The van der Waals surface area contributed by atoms with Crippen LogP contribution in [0.3, 0.4) is 0 Å². The molecule has 0 atom stereocenters. The van der Waals surface area contributed by atoms with Crippen LogP contribution >= 0.6 is 27.3 Å². The molecule has 102 valence electrons. The molecule has 0 spiro atoms. The first-order chi connectivity index (χ1) is 9.19. The van der Waals surface area contributed by atoms with Crippen LogP contribution in [-0.2, 0) is 11.2 Å². The molecule has 0 aliphatic heterocycles. The van der Waals surface area contributed by atoms with Gasteiger partial charge < -0.3 is 14.9 Å². The molecule has 2 aromatic rings. The van der Waals surface area contributed by atoms with Crippen LogP contribution in [0.2, 0.25) is 0 Å². The maximum Gasteiger partial charge on any atom is 0.227 e. The largest absolute Gasteiger partial charge is 0.395 e. The Morgan fingerprint density at radius 3 is 3.11 bits per heavy atom. The number of nitrogens with zero attached hydrogens (tertiary/aromatic N) is 2. The summed E-state index contributed by atoms with van der Waals surface area (Å²) in [6.45, 7) is 0.195. The van der Waals surface area contributed by atoms with Crippen molar-refractivity contribution in [3.8, 4) is 10.7 Å². The van der Waals surface area contributed by atoms with Gasteiger partial charge in [0.25, 0.3) is 0 Å². The van der Waals surface area contributed by atoms with E-state index in [4.69, 9.17) is 9.63 Å². The fourth-order valence-electron chi connectivity index (χ4n) is 1.39. The second kappa shape index (κ2) is 6.78. The number of aliphatic hydroxyl groups is 1. The number of amides is 1. The number of aryl methyl sites for hydroxylation is 1. The zero-order chi connectivity index (χ0) is 13.7. The summed E-state index contributed by atoms with van der Waals surface area (Å²) in [5, 5.41) is 16.9. The van der Waals surface area contributed by atoms with Gasteiger partial charge in [-0.3, -0.25) is 4.79 Å². The van der Waals surface area contributed by atoms with Crippen molar-refractivity contribution in [2.45, 2.75) is 12.8 Å². The number of carbonyl (C=O) groups is 1. The van der Waals surface area contributed by atoms with Gasteiger partial charge in [0.1, 0.15) is 0 Å². The van der Waals surface area contributed by atoms with Crippen molar-refractivity contribution in [1.82, 2.24) is 15.5 Å². The first kappa shape index (κ1) is 14.2. The molecule has 0 aromatic carbocycles. The van der Waals surface area contributed by atoms with Crippen molar-refractivity contribution in [3.05, 3.63) is 21.8 Å². The Bertz CT molecular complexity index is 555. The summed E-state index contributed by atoms with van der Waals surface area (Å²) in [6, 6.07) is 1.91. The molecule has 2 N–H and O–H groups in total. The van der Waals surface area contributed by atoms with Gasteiger partial charge in [0.15, 0.2) is 0 Å². The van der Waals surface area contributed by atoms with Crippen molar-refractivity contribution >= 4 is 33.2 Å². The van der Waals surface area contributed by atoms with Gasteiger partial charge >= 0.3 is 0 Å². The minimum absolute atomic E-state index is 0.0658.